The predicted molar refractivity (Wildman–Crippen MR) is 214 cm³/mol. The Morgan fingerprint density at radius 2 is 1.81 bits per heavy atom. The highest BCUT2D eigenvalue weighted by molar-refractivity contribution is 5.89. The van der Waals surface area contributed by atoms with Crippen molar-refractivity contribution in [1.29, 1.82) is 0 Å². The Balaban J connectivity index is 1.79. The number of anilines is 1. The summed E-state index contributed by atoms with van der Waals surface area (Å²) in [5, 5.41) is 18.9. The number of aliphatic hydroxyl groups excluding tert-OH is 1. The first-order chi connectivity index (χ1) is 27.3. The van der Waals surface area contributed by atoms with Gasteiger partial charge in [0.25, 0.3) is 0 Å². The number of carbonyl (C=O) groups excluding carboxylic acids is 3. The molecule has 4 rings (SSSR count). The fourth-order valence-corrected chi connectivity index (χ4v) is 8.98. The standard InChI is InChI=1S/C41H67N5O12/c1-13-30-41(8)35(57-39(50)58-41)24(4)31(45-52-12)22(2)19-40(7,51-11)34(56-37-32(47)29(46(9)10)17-23(3)53-37)25(5)33(26(6)36(48)54-30)55-38(49)44-16-14-15-27-18-28(42)21-43-20-27/h18,20-26,29-30,32-35,37,47H,13-17,19,42H2,1-12H3,(H,44,49)/b45-31+/t22-,23-,24+,25+,26-,29+,30-,32-,33+,34-,35-,37+,40-,41-/m1/s1. The van der Waals surface area contributed by atoms with E-state index in [1.165, 1.54) is 7.11 Å². The SMILES string of the molecule is CC[C@H]1OC(=O)[C@H](C)[C@@H](OC(=O)NCCCc2cncc(N)c2)[C@H](C)[C@@H](O[C@@H]2O[C@H](C)C[C@H](N(C)C)[C@H]2O)[C@](C)(OC)C[C@@H](C)/C(=N\OC)[C@H](C)[C@H]2OC(=O)O[C@@]21C. The molecular formula is C41H67N5O12. The molecule has 0 spiro atoms. The number of oxime groups is 1. The quantitative estimate of drug-likeness (QED) is 0.122. The lowest BCUT2D eigenvalue weighted by atomic mass is 9.73. The number of fused-ring (bicyclic) bond motifs is 1. The molecule has 1 aromatic heterocycles. The van der Waals surface area contributed by atoms with Crippen molar-refractivity contribution in [3.8, 4) is 0 Å². The number of methoxy groups -OCH3 is 1. The number of nitrogen functional groups attached to an aromatic ring is 1. The number of pyridine rings is 1. The highest BCUT2D eigenvalue weighted by Gasteiger charge is 2.59. The second kappa shape index (κ2) is 20.0. The maximum Gasteiger partial charge on any atom is 0.509 e. The number of nitrogens with one attached hydrogen (secondary N) is 1. The molecule has 0 aliphatic carbocycles. The molecule has 4 heterocycles. The van der Waals surface area contributed by atoms with Crippen molar-refractivity contribution >= 4 is 29.6 Å². The van der Waals surface area contributed by atoms with E-state index in [0.717, 1.165) is 5.56 Å². The van der Waals surface area contributed by atoms with E-state index >= 15 is 0 Å². The van der Waals surface area contributed by atoms with E-state index in [-0.39, 0.29) is 31.5 Å². The third kappa shape index (κ3) is 10.7. The van der Waals surface area contributed by atoms with E-state index in [1.807, 2.05) is 66.6 Å². The Bertz CT molecular complexity index is 1580. The van der Waals surface area contributed by atoms with E-state index in [4.69, 9.17) is 43.7 Å². The van der Waals surface area contributed by atoms with Gasteiger partial charge in [0.2, 0.25) is 0 Å². The monoisotopic (exact) mass is 821 g/mol. The Morgan fingerprint density at radius 3 is 2.43 bits per heavy atom. The van der Waals surface area contributed by atoms with Gasteiger partial charge in [-0.15, -0.1) is 0 Å². The molecule has 1 amide bonds. The smallest absolute Gasteiger partial charge is 0.458 e. The van der Waals surface area contributed by atoms with Crippen molar-refractivity contribution < 1.29 is 57.5 Å². The van der Waals surface area contributed by atoms with Crippen LogP contribution in [0.25, 0.3) is 0 Å². The molecule has 4 N–H and O–H groups in total. The van der Waals surface area contributed by atoms with Gasteiger partial charge in [0.05, 0.1) is 35.1 Å². The zero-order valence-electron chi connectivity index (χ0n) is 36.3. The molecular weight excluding hydrogens is 754 g/mol. The number of nitrogens with two attached hydrogens (primary N) is 1. The van der Waals surface area contributed by atoms with E-state index in [9.17, 15) is 19.5 Å². The number of alkyl carbamates (subject to hydrolysis) is 1. The van der Waals surface area contributed by atoms with Crippen LogP contribution in [0.3, 0.4) is 0 Å². The first-order valence-corrected chi connectivity index (χ1v) is 20.3. The minimum atomic E-state index is -1.42. The largest absolute Gasteiger partial charge is 0.509 e. The lowest BCUT2D eigenvalue weighted by Crippen LogP contribution is -2.60. The van der Waals surface area contributed by atoms with Gasteiger partial charge in [-0.2, -0.15) is 0 Å². The van der Waals surface area contributed by atoms with Crippen molar-refractivity contribution in [3.63, 3.8) is 0 Å². The Morgan fingerprint density at radius 1 is 1.10 bits per heavy atom. The average molecular weight is 822 g/mol. The van der Waals surface area contributed by atoms with Crippen LogP contribution < -0.4 is 11.1 Å². The summed E-state index contributed by atoms with van der Waals surface area (Å²) in [6.07, 6.45) is -2.58. The molecule has 1 aromatic rings. The number of hydrogen-bond acceptors (Lipinski definition) is 16. The van der Waals surface area contributed by atoms with Crippen LogP contribution in [-0.2, 0) is 49.2 Å². The summed E-state index contributed by atoms with van der Waals surface area (Å²) in [5.74, 6) is -3.53. The van der Waals surface area contributed by atoms with Crippen LogP contribution in [0.15, 0.2) is 23.6 Å². The fraction of sp³-hybridized carbons (Fsp3) is 0.780. The summed E-state index contributed by atoms with van der Waals surface area (Å²) in [4.78, 5) is 52.4. The summed E-state index contributed by atoms with van der Waals surface area (Å²) in [5.41, 5.74) is 5.26. The summed E-state index contributed by atoms with van der Waals surface area (Å²) in [6.45, 7) is 14.7. The normalized spacial score (nSPS) is 38.2. The van der Waals surface area contributed by atoms with E-state index in [1.54, 1.807) is 33.4 Å². The summed E-state index contributed by atoms with van der Waals surface area (Å²) < 4.78 is 43.5. The number of aliphatic hydroxyl groups is 1. The molecule has 0 bridgehead atoms. The van der Waals surface area contributed by atoms with Gasteiger partial charge in [0.1, 0.15) is 25.4 Å². The number of esters is 1. The molecule has 3 aliphatic rings. The molecule has 17 heteroatoms. The number of rotatable bonds is 11. The number of cyclic esters (lactones) is 1. The van der Waals surface area contributed by atoms with Gasteiger partial charge in [-0.05, 0) is 85.5 Å². The third-order valence-corrected chi connectivity index (χ3v) is 12.1. The Labute approximate surface area is 342 Å². The molecule has 328 valence electrons. The van der Waals surface area contributed by atoms with Crippen LogP contribution in [0.4, 0.5) is 15.3 Å². The molecule has 3 saturated heterocycles. The number of aromatic nitrogens is 1. The maximum atomic E-state index is 14.4. The highest BCUT2D eigenvalue weighted by atomic mass is 16.8. The third-order valence-electron chi connectivity index (χ3n) is 12.1. The minimum Gasteiger partial charge on any atom is -0.458 e. The van der Waals surface area contributed by atoms with Crippen molar-refractivity contribution in [2.45, 2.75) is 148 Å². The molecule has 58 heavy (non-hydrogen) atoms. The van der Waals surface area contributed by atoms with Crippen molar-refractivity contribution in [3.05, 3.63) is 24.0 Å². The number of nitrogens with zero attached hydrogens (tertiary/aromatic N) is 3. The molecule has 3 aliphatic heterocycles. The number of hydrogen-bond donors (Lipinski definition) is 3. The van der Waals surface area contributed by atoms with Crippen molar-refractivity contribution in [2.24, 2.45) is 28.8 Å². The first-order valence-electron chi connectivity index (χ1n) is 20.3. The Kier molecular flexibility index (Phi) is 16.2. The number of carbonyl (C=O) groups is 3. The van der Waals surface area contributed by atoms with Crippen molar-refractivity contribution in [2.75, 3.05) is 40.6 Å². The topological polar surface area (TPSA) is 212 Å². The van der Waals surface area contributed by atoms with Crippen LogP contribution in [0.5, 0.6) is 0 Å². The lowest BCUT2D eigenvalue weighted by Gasteiger charge is -2.48. The molecule has 0 unspecified atom stereocenters. The zero-order chi connectivity index (χ0) is 43.1. The molecule has 17 nitrogen and oxygen atoms in total. The van der Waals surface area contributed by atoms with Gasteiger partial charge in [-0.1, -0.05) is 32.9 Å². The molecule has 0 saturated carbocycles. The van der Waals surface area contributed by atoms with Gasteiger partial charge >= 0.3 is 18.2 Å². The summed E-state index contributed by atoms with van der Waals surface area (Å²) in [6, 6.07) is 1.54. The molecule has 0 radical (unpaired) electrons. The van der Waals surface area contributed by atoms with Crippen LogP contribution in [0, 0.1) is 23.7 Å². The summed E-state index contributed by atoms with van der Waals surface area (Å²) in [7, 11) is 6.75. The maximum absolute atomic E-state index is 14.4. The van der Waals surface area contributed by atoms with E-state index < -0.39 is 89.9 Å². The van der Waals surface area contributed by atoms with Crippen LogP contribution in [0.1, 0.15) is 86.6 Å². The van der Waals surface area contributed by atoms with E-state index in [2.05, 4.69) is 15.5 Å². The van der Waals surface area contributed by atoms with Crippen molar-refractivity contribution in [1.82, 2.24) is 15.2 Å². The van der Waals surface area contributed by atoms with Crippen LogP contribution in [0.2, 0.25) is 0 Å². The van der Waals surface area contributed by atoms with E-state index in [0.29, 0.717) is 30.7 Å². The second-order valence-corrected chi connectivity index (χ2v) is 16.8. The average Bonchev–Trinajstić information content (AvgIpc) is 3.49. The minimum absolute atomic E-state index is 0.257. The van der Waals surface area contributed by atoms with Gasteiger partial charge in [-0.25, -0.2) is 9.59 Å². The zero-order valence-corrected chi connectivity index (χ0v) is 36.3. The van der Waals surface area contributed by atoms with Crippen LogP contribution in [-0.4, -0.2) is 134 Å². The number of likely N-dealkylation sites (N-methyl/N-ethyl adjacent to an activating group) is 1. The predicted octanol–water partition coefficient (Wildman–Crippen LogP) is 4.47. The summed E-state index contributed by atoms with van der Waals surface area (Å²) >= 11 is 0. The number of amides is 1. The Hall–Kier alpha value is -3.77. The van der Waals surface area contributed by atoms with Gasteiger partial charge in [-0.3, -0.25) is 9.78 Å². The van der Waals surface area contributed by atoms with Gasteiger partial charge in [0.15, 0.2) is 18.0 Å². The molecule has 14 atom stereocenters. The molecule has 3 fully saturated rings. The number of aryl methyl sites for hydroxylation is 1. The highest BCUT2D eigenvalue weighted by Crippen LogP contribution is 2.43. The van der Waals surface area contributed by atoms with Gasteiger partial charge in [0, 0.05) is 49.8 Å². The first kappa shape index (κ1) is 46.9. The number of ether oxygens (including phenoxy) is 7. The van der Waals surface area contributed by atoms with Crippen LogP contribution >= 0.6 is 0 Å². The molecule has 0 aromatic carbocycles. The van der Waals surface area contributed by atoms with Gasteiger partial charge < -0.3 is 59.1 Å². The second-order valence-electron chi connectivity index (χ2n) is 16.8. The fourth-order valence-electron chi connectivity index (χ4n) is 8.98. The lowest BCUT2D eigenvalue weighted by molar-refractivity contribution is -0.301.